The number of likely N-dealkylation sites (tertiary alicyclic amines) is 1. The number of benzene rings is 1. The molecule has 1 aromatic carbocycles. The van der Waals surface area contributed by atoms with Crippen LogP contribution in [0.4, 0.5) is 18.9 Å². The molecule has 2 aromatic rings. The maximum Gasteiger partial charge on any atom is 0.416 e. The van der Waals surface area contributed by atoms with E-state index in [9.17, 15) is 22.8 Å². The largest absolute Gasteiger partial charge is 0.416 e. The third-order valence-corrected chi connectivity index (χ3v) is 8.74. The van der Waals surface area contributed by atoms with E-state index >= 15 is 0 Å². The zero-order chi connectivity index (χ0) is 27.9. The number of rotatable bonds is 6. The first-order chi connectivity index (χ1) is 18.5. The lowest BCUT2D eigenvalue weighted by molar-refractivity contribution is -0.138. The van der Waals surface area contributed by atoms with Crippen LogP contribution in [0.15, 0.2) is 35.3 Å². The van der Waals surface area contributed by atoms with Gasteiger partial charge in [-0.25, -0.2) is 0 Å². The Balaban J connectivity index is 1.46. The number of alkyl halides is 3. The average molecular weight is 547 g/mol. The van der Waals surface area contributed by atoms with Crippen molar-refractivity contribution < 1.29 is 22.7 Å². The van der Waals surface area contributed by atoms with Crippen LogP contribution in [0, 0.1) is 18.8 Å². The maximum atomic E-state index is 13.7. The number of hydrogen-bond acceptors (Lipinski definition) is 5. The minimum absolute atomic E-state index is 0.0745. The first-order valence-corrected chi connectivity index (χ1v) is 13.8. The third-order valence-electron chi connectivity index (χ3n) is 8.74. The fourth-order valence-electron chi connectivity index (χ4n) is 6.75. The van der Waals surface area contributed by atoms with Crippen LogP contribution in [0.1, 0.15) is 71.7 Å². The van der Waals surface area contributed by atoms with Crippen LogP contribution in [0.5, 0.6) is 0 Å². The predicted octanol–water partition coefficient (Wildman–Crippen LogP) is 4.77. The van der Waals surface area contributed by atoms with Gasteiger partial charge >= 0.3 is 6.18 Å². The van der Waals surface area contributed by atoms with Crippen LogP contribution in [-0.2, 0) is 10.9 Å². The lowest BCUT2D eigenvalue weighted by Gasteiger charge is -2.37. The van der Waals surface area contributed by atoms with Crippen LogP contribution in [0.2, 0.25) is 0 Å². The van der Waals surface area contributed by atoms with Gasteiger partial charge in [-0.05, 0) is 75.6 Å². The van der Waals surface area contributed by atoms with Crippen LogP contribution in [0.3, 0.4) is 0 Å². The molecule has 3 heterocycles. The molecule has 1 saturated carbocycles. The molecule has 212 valence electrons. The molecule has 5 rings (SSSR count). The zero-order valence-electron chi connectivity index (χ0n) is 22.7. The second kappa shape index (κ2) is 11.0. The van der Waals surface area contributed by atoms with Crippen LogP contribution in [0.25, 0.3) is 0 Å². The summed E-state index contributed by atoms with van der Waals surface area (Å²) in [7, 11) is 2.12. The molecule has 1 amide bonds. The number of nitrogens with one attached hydrogen (secondary N) is 2. The summed E-state index contributed by atoms with van der Waals surface area (Å²) in [6.07, 6.45) is 0.684. The Morgan fingerprint density at radius 3 is 2.41 bits per heavy atom. The van der Waals surface area contributed by atoms with Crippen molar-refractivity contribution in [3.63, 3.8) is 0 Å². The molecular weight excluding hydrogens is 509 g/mol. The van der Waals surface area contributed by atoms with Gasteiger partial charge in [0.15, 0.2) is 0 Å². The number of amides is 1. The molecule has 4 atom stereocenters. The lowest BCUT2D eigenvalue weighted by Crippen LogP contribution is -2.47. The van der Waals surface area contributed by atoms with Gasteiger partial charge in [0.2, 0.25) is 0 Å². The topological polar surface area (TPSA) is 75.6 Å². The molecule has 1 aliphatic carbocycles. The number of nitrogens with zero attached hydrogens (tertiary/aromatic N) is 2. The summed E-state index contributed by atoms with van der Waals surface area (Å²) >= 11 is 0. The van der Waals surface area contributed by atoms with Crippen molar-refractivity contribution in [3.05, 3.63) is 63.1 Å². The van der Waals surface area contributed by atoms with Gasteiger partial charge in [0.25, 0.3) is 11.5 Å². The summed E-state index contributed by atoms with van der Waals surface area (Å²) in [5, 5.41) is 6.47. The number of carbonyl (C=O) groups is 1. The van der Waals surface area contributed by atoms with E-state index in [1.54, 1.807) is 23.8 Å². The highest BCUT2D eigenvalue weighted by atomic mass is 19.4. The van der Waals surface area contributed by atoms with Gasteiger partial charge < -0.3 is 24.8 Å². The third kappa shape index (κ3) is 5.72. The van der Waals surface area contributed by atoms with E-state index in [0.717, 1.165) is 32.0 Å². The number of carbonyl (C=O) groups excluding carboxylic acids is 1. The minimum atomic E-state index is -4.48. The highest BCUT2D eigenvalue weighted by Gasteiger charge is 2.41. The van der Waals surface area contributed by atoms with E-state index in [1.165, 1.54) is 19.1 Å². The van der Waals surface area contributed by atoms with Crippen molar-refractivity contribution in [2.45, 2.75) is 63.8 Å². The van der Waals surface area contributed by atoms with Gasteiger partial charge in [0, 0.05) is 50.7 Å². The molecule has 7 nitrogen and oxygen atoms in total. The maximum absolute atomic E-state index is 13.7. The van der Waals surface area contributed by atoms with Gasteiger partial charge in [-0.2, -0.15) is 13.2 Å². The van der Waals surface area contributed by atoms with Crippen molar-refractivity contribution in [1.29, 1.82) is 0 Å². The highest BCUT2D eigenvalue weighted by Crippen LogP contribution is 2.39. The Morgan fingerprint density at radius 1 is 1.10 bits per heavy atom. The van der Waals surface area contributed by atoms with Crippen molar-refractivity contribution in [2.75, 3.05) is 38.7 Å². The van der Waals surface area contributed by atoms with E-state index in [2.05, 4.69) is 22.6 Å². The fraction of sp³-hybridized carbons (Fsp3) is 0.586. The van der Waals surface area contributed by atoms with Crippen LogP contribution < -0.4 is 16.2 Å². The highest BCUT2D eigenvalue weighted by molar-refractivity contribution is 5.99. The summed E-state index contributed by atoms with van der Waals surface area (Å²) in [5.74, 6) is 0.423. The number of anilines is 1. The SMILES string of the molecule is Cc1c([C@@H](C)NC(=O)c2cn(C3CCOCC3)c(=O)cc2N[C@@H]2[C@@H]3CC[C@H]2CN(C)C3)cccc1C(F)(F)F. The average Bonchev–Trinajstić information content (AvgIpc) is 3.11. The lowest BCUT2D eigenvalue weighted by atomic mass is 9.92. The molecule has 3 fully saturated rings. The summed E-state index contributed by atoms with van der Waals surface area (Å²) < 4.78 is 47.6. The Morgan fingerprint density at radius 2 is 1.77 bits per heavy atom. The molecule has 0 unspecified atom stereocenters. The van der Waals surface area contributed by atoms with Crippen molar-refractivity contribution in [2.24, 2.45) is 11.8 Å². The molecule has 0 spiro atoms. The number of fused-ring (bicyclic) bond motifs is 2. The van der Waals surface area contributed by atoms with E-state index in [-0.39, 0.29) is 23.2 Å². The fourth-order valence-corrected chi connectivity index (χ4v) is 6.75. The van der Waals surface area contributed by atoms with E-state index in [4.69, 9.17) is 4.74 Å². The second-order valence-corrected chi connectivity index (χ2v) is 11.4. The molecule has 0 radical (unpaired) electrons. The summed E-state index contributed by atoms with van der Waals surface area (Å²) in [6, 6.07) is 4.95. The van der Waals surface area contributed by atoms with Gasteiger partial charge in [-0.15, -0.1) is 0 Å². The molecule has 3 aliphatic rings. The monoisotopic (exact) mass is 546 g/mol. The quantitative estimate of drug-likeness (QED) is 0.546. The summed E-state index contributed by atoms with van der Waals surface area (Å²) in [5.41, 5.74) is 0.415. The van der Waals surface area contributed by atoms with Crippen molar-refractivity contribution in [1.82, 2.24) is 14.8 Å². The normalized spacial score (nSPS) is 24.9. The number of halogens is 3. The molecular formula is C29H37F3N4O3. The molecule has 2 N–H and O–H groups in total. The Labute approximate surface area is 226 Å². The smallest absolute Gasteiger partial charge is 0.381 e. The molecule has 2 bridgehead atoms. The number of piperidine rings is 1. The Bertz CT molecular complexity index is 1260. The van der Waals surface area contributed by atoms with Crippen LogP contribution >= 0.6 is 0 Å². The Kier molecular flexibility index (Phi) is 7.79. The number of ether oxygens (including phenoxy) is 1. The second-order valence-electron chi connectivity index (χ2n) is 11.4. The number of aromatic nitrogens is 1. The first-order valence-electron chi connectivity index (χ1n) is 13.8. The van der Waals surface area contributed by atoms with Gasteiger partial charge in [-0.3, -0.25) is 9.59 Å². The molecule has 10 heteroatoms. The first kappa shape index (κ1) is 27.7. The van der Waals surface area contributed by atoms with Crippen LogP contribution in [-0.4, -0.2) is 54.8 Å². The van der Waals surface area contributed by atoms with E-state index in [0.29, 0.717) is 54.7 Å². The van der Waals surface area contributed by atoms with Crippen molar-refractivity contribution >= 4 is 11.6 Å². The van der Waals surface area contributed by atoms with Gasteiger partial charge in [0.1, 0.15) is 0 Å². The molecule has 39 heavy (non-hydrogen) atoms. The number of hydrogen-bond donors (Lipinski definition) is 2. The molecule has 1 aromatic heterocycles. The molecule has 2 saturated heterocycles. The minimum Gasteiger partial charge on any atom is -0.381 e. The van der Waals surface area contributed by atoms with Crippen molar-refractivity contribution in [3.8, 4) is 0 Å². The van der Waals surface area contributed by atoms with E-state index < -0.39 is 23.7 Å². The summed E-state index contributed by atoms with van der Waals surface area (Å²) in [4.78, 5) is 29.3. The standard InChI is InChI=1S/C29H37F3N4O3/c1-17-22(5-4-6-24(17)29(30,31)32)18(2)33-28(38)23-16-36(21-9-11-39-12-10-21)26(37)13-25(23)34-27-19-7-8-20(27)15-35(3)14-19/h4-6,13,16,18-21,27,34H,7-12,14-15H2,1-3H3,(H,33,38)/t18-,19-,20+,27-/m1/s1. The molecule has 2 aliphatic heterocycles. The predicted molar refractivity (Wildman–Crippen MR) is 143 cm³/mol. The zero-order valence-corrected chi connectivity index (χ0v) is 22.7. The van der Waals surface area contributed by atoms with Gasteiger partial charge in [0.05, 0.1) is 22.9 Å². The van der Waals surface area contributed by atoms with Gasteiger partial charge in [-0.1, -0.05) is 12.1 Å². The van der Waals surface area contributed by atoms with E-state index in [1.807, 2.05) is 0 Å². The number of pyridine rings is 1. The Hall–Kier alpha value is -2.85. The summed E-state index contributed by atoms with van der Waals surface area (Å²) in [6.45, 7) is 6.11.